The third-order valence-electron chi connectivity index (χ3n) is 5.59. The second-order valence-corrected chi connectivity index (χ2v) is 6.96. The summed E-state index contributed by atoms with van der Waals surface area (Å²) in [5.41, 5.74) is 1.52. The van der Waals surface area contributed by atoms with Gasteiger partial charge in [0.05, 0.1) is 0 Å². The van der Waals surface area contributed by atoms with Gasteiger partial charge in [0, 0.05) is 18.7 Å². The molecule has 1 aromatic carbocycles. The molecule has 0 aromatic heterocycles. The van der Waals surface area contributed by atoms with Gasteiger partial charge in [-0.25, -0.2) is 0 Å². The highest BCUT2D eigenvalue weighted by Crippen LogP contribution is 2.34. The topological polar surface area (TPSA) is 32.3 Å². The van der Waals surface area contributed by atoms with Crippen LogP contribution in [0.1, 0.15) is 62.8 Å². The second kappa shape index (κ2) is 7.42. The van der Waals surface area contributed by atoms with Crippen molar-refractivity contribution in [3.8, 4) is 0 Å². The van der Waals surface area contributed by atoms with Crippen molar-refractivity contribution in [1.29, 1.82) is 0 Å². The van der Waals surface area contributed by atoms with Gasteiger partial charge in [-0.1, -0.05) is 43.2 Å². The zero-order valence-corrected chi connectivity index (χ0v) is 13.0. The average Bonchev–Trinajstić information content (AvgIpc) is 2.57. The first-order valence-corrected chi connectivity index (χ1v) is 8.78. The van der Waals surface area contributed by atoms with Crippen molar-refractivity contribution in [2.75, 3.05) is 6.61 Å². The Labute approximate surface area is 129 Å². The van der Waals surface area contributed by atoms with Crippen LogP contribution in [0.2, 0.25) is 0 Å². The summed E-state index contributed by atoms with van der Waals surface area (Å²) in [6.07, 6.45) is 10.3. The van der Waals surface area contributed by atoms with E-state index in [2.05, 4.69) is 35.6 Å². The predicted molar refractivity (Wildman–Crippen MR) is 87.4 cm³/mol. The van der Waals surface area contributed by atoms with Crippen molar-refractivity contribution >= 4 is 0 Å². The lowest BCUT2D eigenvalue weighted by Crippen LogP contribution is -2.46. The minimum atomic E-state index is 0.358. The maximum atomic E-state index is 9.54. The maximum absolute atomic E-state index is 9.54. The molecule has 0 spiro atoms. The van der Waals surface area contributed by atoms with E-state index in [0.29, 0.717) is 24.6 Å². The number of hydrogen-bond donors (Lipinski definition) is 2. The van der Waals surface area contributed by atoms with E-state index >= 15 is 0 Å². The van der Waals surface area contributed by atoms with Crippen LogP contribution >= 0.6 is 0 Å². The molecule has 2 unspecified atom stereocenters. The van der Waals surface area contributed by atoms with Gasteiger partial charge in [0.25, 0.3) is 0 Å². The van der Waals surface area contributed by atoms with E-state index in [1.165, 1.54) is 56.9 Å². The molecule has 0 bridgehead atoms. The summed E-state index contributed by atoms with van der Waals surface area (Å²) in [5, 5.41) is 13.4. The summed E-state index contributed by atoms with van der Waals surface area (Å²) in [5.74, 6) is 1.25. The van der Waals surface area contributed by atoms with Crippen molar-refractivity contribution in [1.82, 2.24) is 5.32 Å². The van der Waals surface area contributed by atoms with Gasteiger partial charge in [-0.2, -0.15) is 0 Å². The lowest BCUT2D eigenvalue weighted by molar-refractivity contribution is 0.139. The van der Waals surface area contributed by atoms with Crippen molar-refractivity contribution < 1.29 is 5.11 Å². The minimum absolute atomic E-state index is 0.358. The normalized spacial score (nSPS) is 33.8. The summed E-state index contributed by atoms with van der Waals surface area (Å²) in [6.45, 7) is 0.358. The van der Waals surface area contributed by atoms with Gasteiger partial charge in [0.15, 0.2) is 0 Å². The molecule has 2 heteroatoms. The molecular formula is C19H29NO. The van der Waals surface area contributed by atoms with Gasteiger partial charge in [-0.3, -0.25) is 0 Å². The van der Waals surface area contributed by atoms with Crippen LogP contribution in [0.4, 0.5) is 0 Å². The molecule has 2 nitrogen and oxygen atoms in total. The van der Waals surface area contributed by atoms with E-state index in [1.54, 1.807) is 0 Å². The number of hydrogen-bond acceptors (Lipinski definition) is 2. The summed E-state index contributed by atoms with van der Waals surface area (Å²) in [4.78, 5) is 0. The highest BCUT2D eigenvalue weighted by atomic mass is 16.3. The molecule has 21 heavy (non-hydrogen) atoms. The number of benzene rings is 1. The molecular weight excluding hydrogens is 258 g/mol. The van der Waals surface area contributed by atoms with Crippen LogP contribution in [-0.2, 0) is 0 Å². The fourth-order valence-electron chi connectivity index (χ4n) is 4.27. The van der Waals surface area contributed by atoms with Crippen molar-refractivity contribution in [2.45, 2.75) is 69.4 Å². The smallest absolute Gasteiger partial charge is 0.0474 e. The van der Waals surface area contributed by atoms with Gasteiger partial charge in [0.2, 0.25) is 0 Å². The molecule has 2 fully saturated rings. The van der Waals surface area contributed by atoms with Crippen LogP contribution in [0.15, 0.2) is 30.3 Å². The molecule has 116 valence electrons. The molecule has 0 amide bonds. The van der Waals surface area contributed by atoms with Gasteiger partial charge in [-0.05, 0) is 55.9 Å². The zero-order valence-electron chi connectivity index (χ0n) is 13.0. The first-order chi connectivity index (χ1) is 10.4. The molecule has 3 rings (SSSR count). The first kappa shape index (κ1) is 15.1. The Morgan fingerprint density at radius 1 is 0.905 bits per heavy atom. The highest BCUT2D eigenvalue weighted by Gasteiger charge is 2.29. The Kier molecular flexibility index (Phi) is 5.32. The summed E-state index contributed by atoms with van der Waals surface area (Å²) >= 11 is 0. The zero-order chi connectivity index (χ0) is 14.5. The molecule has 2 saturated carbocycles. The molecule has 2 N–H and O–H groups in total. The van der Waals surface area contributed by atoms with Crippen LogP contribution in [-0.4, -0.2) is 23.8 Å². The molecule has 0 aliphatic heterocycles. The van der Waals surface area contributed by atoms with Gasteiger partial charge >= 0.3 is 0 Å². The first-order valence-electron chi connectivity index (χ1n) is 8.78. The molecule has 2 atom stereocenters. The molecule has 1 aromatic rings. The van der Waals surface area contributed by atoms with Crippen LogP contribution in [0.25, 0.3) is 0 Å². The second-order valence-electron chi connectivity index (χ2n) is 6.96. The fraction of sp³-hybridized carbons (Fsp3) is 0.684. The fourth-order valence-corrected chi connectivity index (χ4v) is 4.27. The molecule has 0 saturated heterocycles. The molecule has 2 aliphatic carbocycles. The van der Waals surface area contributed by atoms with E-state index in [1.807, 2.05) is 0 Å². The molecule has 0 heterocycles. The summed E-state index contributed by atoms with van der Waals surface area (Å²) < 4.78 is 0. The Bertz CT molecular complexity index is 411. The largest absolute Gasteiger partial charge is 0.396 e. The Hall–Kier alpha value is -0.860. The molecule has 0 radical (unpaired) electrons. The van der Waals surface area contributed by atoms with Crippen LogP contribution < -0.4 is 5.32 Å². The summed E-state index contributed by atoms with van der Waals surface area (Å²) in [7, 11) is 0. The van der Waals surface area contributed by atoms with Crippen LogP contribution in [0, 0.1) is 5.92 Å². The van der Waals surface area contributed by atoms with E-state index < -0.39 is 0 Å². The van der Waals surface area contributed by atoms with E-state index in [-0.39, 0.29) is 0 Å². The quantitative estimate of drug-likeness (QED) is 0.881. The highest BCUT2D eigenvalue weighted by molar-refractivity contribution is 5.20. The predicted octanol–water partition coefficient (Wildman–Crippen LogP) is 3.85. The third-order valence-corrected chi connectivity index (χ3v) is 5.59. The van der Waals surface area contributed by atoms with E-state index in [4.69, 9.17) is 0 Å². The number of rotatable bonds is 4. The van der Waals surface area contributed by atoms with Crippen LogP contribution in [0.3, 0.4) is 0 Å². The minimum Gasteiger partial charge on any atom is -0.396 e. The van der Waals surface area contributed by atoms with Gasteiger partial charge in [0.1, 0.15) is 0 Å². The Morgan fingerprint density at radius 2 is 1.62 bits per heavy atom. The van der Waals surface area contributed by atoms with Crippen molar-refractivity contribution in [3.05, 3.63) is 35.9 Å². The monoisotopic (exact) mass is 287 g/mol. The van der Waals surface area contributed by atoms with Gasteiger partial charge < -0.3 is 10.4 Å². The number of aliphatic hydroxyl groups excluding tert-OH is 1. The Balaban J connectivity index is 1.49. The van der Waals surface area contributed by atoms with Crippen LogP contribution in [0.5, 0.6) is 0 Å². The standard InChI is InChI=1S/C19H29NO/c21-14-17-8-4-5-9-19(17)20-18-12-10-16(11-13-18)15-6-2-1-3-7-15/h1-3,6-7,16-21H,4-5,8-14H2. The number of nitrogens with one attached hydrogen (secondary N) is 1. The van der Waals surface area contributed by atoms with Crippen molar-refractivity contribution in [2.24, 2.45) is 5.92 Å². The Morgan fingerprint density at radius 3 is 2.33 bits per heavy atom. The van der Waals surface area contributed by atoms with Crippen molar-refractivity contribution in [3.63, 3.8) is 0 Å². The van der Waals surface area contributed by atoms with E-state index in [9.17, 15) is 5.11 Å². The SMILES string of the molecule is OCC1CCCCC1NC1CCC(c2ccccc2)CC1. The van der Waals surface area contributed by atoms with Gasteiger partial charge in [-0.15, -0.1) is 0 Å². The summed E-state index contributed by atoms with van der Waals surface area (Å²) in [6, 6.07) is 12.2. The lowest BCUT2D eigenvalue weighted by Gasteiger charge is -2.37. The average molecular weight is 287 g/mol. The molecule has 2 aliphatic rings. The maximum Gasteiger partial charge on any atom is 0.0474 e. The third kappa shape index (κ3) is 3.87. The lowest BCUT2D eigenvalue weighted by atomic mass is 9.80. The number of aliphatic hydroxyl groups is 1. The van der Waals surface area contributed by atoms with E-state index in [0.717, 1.165) is 5.92 Å².